The average Bonchev–Trinajstić information content (AvgIpc) is 3.22. The second-order valence-corrected chi connectivity index (χ2v) is 9.04. The van der Waals surface area contributed by atoms with Crippen molar-refractivity contribution in [3.63, 3.8) is 0 Å². The van der Waals surface area contributed by atoms with Crippen LogP contribution >= 0.6 is 23.2 Å². The predicted octanol–water partition coefficient (Wildman–Crippen LogP) is 6.55. The molecule has 0 bridgehead atoms. The molecule has 0 fully saturated rings. The van der Waals surface area contributed by atoms with Gasteiger partial charge in [0.2, 0.25) is 5.89 Å². The normalized spacial score (nSPS) is 12.7. The number of carbonyl (C=O) groups is 2. The molecule has 1 amide bonds. The molecule has 0 spiro atoms. The van der Waals surface area contributed by atoms with Crippen molar-refractivity contribution in [3.8, 4) is 11.5 Å². The van der Waals surface area contributed by atoms with Crippen LogP contribution in [0.15, 0.2) is 71.1 Å². The van der Waals surface area contributed by atoms with E-state index in [4.69, 9.17) is 27.6 Å². The van der Waals surface area contributed by atoms with Crippen molar-refractivity contribution in [3.05, 3.63) is 111 Å². The lowest BCUT2D eigenvalue weighted by atomic mass is 9.77. The van der Waals surface area contributed by atoms with Crippen LogP contribution in [0.4, 0.5) is 4.39 Å². The maximum absolute atomic E-state index is 14.3. The minimum absolute atomic E-state index is 0.0729. The SMILES string of the molecule is Cc1ccccc1C(CC(=O)O)(NC(=O)c1nc(-c2ccccc2F)oc1C)c1cccc(Cl)c1Cl. The van der Waals surface area contributed by atoms with Gasteiger partial charge in [0.1, 0.15) is 17.1 Å². The Hall–Kier alpha value is -3.68. The molecule has 2 N–H and O–H groups in total. The number of benzene rings is 3. The lowest BCUT2D eigenvalue weighted by Crippen LogP contribution is -2.49. The van der Waals surface area contributed by atoms with Crippen LogP contribution in [0.1, 0.15) is 39.4 Å². The lowest BCUT2D eigenvalue weighted by Gasteiger charge is -2.36. The van der Waals surface area contributed by atoms with Crippen molar-refractivity contribution in [1.82, 2.24) is 10.3 Å². The molecule has 6 nitrogen and oxygen atoms in total. The average molecular weight is 527 g/mol. The van der Waals surface area contributed by atoms with E-state index in [1.807, 2.05) is 0 Å². The fourth-order valence-corrected chi connectivity index (χ4v) is 4.70. The van der Waals surface area contributed by atoms with Gasteiger partial charge in [-0.3, -0.25) is 9.59 Å². The molecule has 184 valence electrons. The molecular weight excluding hydrogens is 506 g/mol. The maximum atomic E-state index is 14.3. The summed E-state index contributed by atoms with van der Waals surface area (Å²) in [6, 6.07) is 17.8. The van der Waals surface area contributed by atoms with E-state index in [9.17, 15) is 19.1 Å². The minimum atomic E-state index is -1.61. The molecule has 1 aromatic heterocycles. The van der Waals surface area contributed by atoms with Crippen molar-refractivity contribution in [2.45, 2.75) is 25.8 Å². The van der Waals surface area contributed by atoms with Gasteiger partial charge in [0.15, 0.2) is 5.69 Å². The summed E-state index contributed by atoms with van der Waals surface area (Å²) in [5.74, 6) is -2.40. The highest BCUT2D eigenvalue weighted by Crippen LogP contribution is 2.41. The molecule has 1 heterocycles. The number of hydrogen-bond donors (Lipinski definition) is 2. The van der Waals surface area contributed by atoms with Gasteiger partial charge in [-0.05, 0) is 43.2 Å². The Kier molecular flexibility index (Phi) is 7.15. The highest BCUT2D eigenvalue weighted by atomic mass is 35.5. The number of carbonyl (C=O) groups excluding carboxylic acids is 1. The smallest absolute Gasteiger partial charge is 0.306 e. The van der Waals surface area contributed by atoms with Crippen LogP contribution in [0, 0.1) is 19.7 Å². The first-order valence-electron chi connectivity index (χ1n) is 10.9. The highest BCUT2D eigenvalue weighted by Gasteiger charge is 2.42. The van der Waals surface area contributed by atoms with Crippen LogP contribution in [-0.4, -0.2) is 22.0 Å². The highest BCUT2D eigenvalue weighted by molar-refractivity contribution is 6.42. The number of rotatable bonds is 7. The summed E-state index contributed by atoms with van der Waals surface area (Å²) in [5.41, 5.74) is -0.0978. The maximum Gasteiger partial charge on any atom is 0.306 e. The fraction of sp³-hybridized carbons (Fsp3) is 0.148. The lowest BCUT2D eigenvalue weighted by molar-refractivity contribution is -0.138. The number of aliphatic carboxylic acids is 1. The van der Waals surface area contributed by atoms with Gasteiger partial charge >= 0.3 is 5.97 Å². The first-order valence-corrected chi connectivity index (χ1v) is 11.7. The zero-order chi connectivity index (χ0) is 26.0. The molecule has 36 heavy (non-hydrogen) atoms. The quantitative estimate of drug-likeness (QED) is 0.284. The van der Waals surface area contributed by atoms with Crippen LogP contribution in [0.3, 0.4) is 0 Å². The number of aromatic nitrogens is 1. The second kappa shape index (κ2) is 10.1. The van der Waals surface area contributed by atoms with Crippen molar-refractivity contribution in [1.29, 1.82) is 0 Å². The first-order chi connectivity index (χ1) is 17.1. The standard InChI is InChI=1S/C27H21Cl2FN2O4/c1-15-8-3-5-10-18(15)27(14-22(33)34,19-11-7-12-20(28)23(19)29)32-25(35)24-16(2)36-26(31-24)17-9-4-6-13-21(17)30/h3-13H,14H2,1-2H3,(H,32,35)(H,33,34). The number of nitrogens with zero attached hydrogens (tertiary/aromatic N) is 1. The third kappa shape index (κ3) is 4.72. The van der Waals surface area contributed by atoms with E-state index < -0.39 is 29.7 Å². The number of halogens is 3. The van der Waals surface area contributed by atoms with Gasteiger partial charge in [-0.1, -0.05) is 71.7 Å². The van der Waals surface area contributed by atoms with Crippen LogP contribution in [0.5, 0.6) is 0 Å². The van der Waals surface area contributed by atoms with E-state index in [0.717, 1.165) is 5.56 Å². The van der Waals surface area contributed by atoms with Crippen LogP contribution in [-0.2, 0) is 10.3 Å². The van der Waals surface area contributed by atoms with Gasteiger partial charge in [0.25, 0.3) is 5.91 Å². The number of hydrogen-bond acceptors (Lipinski definition) is 4. The van der Waals surface area contributed by atoms with Gasteiger partial charge in [-0.15, -0.1) is 0 Å². The molecule has 0 aliphatic rings. The number of oxazole rings is 1. The summed E-state index contributed by atoms with van der Waals surface area (Å²) >= 11 is 12.9. The predicted molar refractivity (Wildman–Crippen MR) is 135 cm³/mol. The third-order valence-corrected chi connectivity index (χ3v) is 6.69. The molecule has 0 saturated heterocycles. The molecule has 0 saturated carbocycles. The van der Waals surface area contributed by atoms with E-state index in [1.54, 1.807) is 55.5 Å². The molecular formula is C27H21Cl2FN2O4. The molecule has 4 aromatic rings. The van der Waals surface area contributed by atoms with Crippen molar-refractivity contribution in [2.24, 2.45) is 0 Å². The van der Waals surface area contributed by atoms with E-state index in [-0.39, 0.29) is 33.0 Å². The van der Waals surface area contributed by atoms with E-state index >= 15 is 0 Å². The Morgan fingerprint density at radius 2 is 1.67 bits per heavy atom. The summed E-state index contributed by atoms with van der Waals surface area (Å²) in [7, 11) is 0. The summed E-state index contributed by atoms with van der Waals surface area (Å²) in [6.45, 7) is 3.32. The number of carboxylic acids is 1. The van der Waals surface area contributed by atoms with Gasteiger partial charge in [0.05, 0.1) is 22.0 Å². The molecule has 0 aliphatic carbocycles. The fourth-order valence-electron chi connectivity index (χ4n) is 4.24. The number of aryl methyl sites for hydroxylation is 2. The molecule has 0 aliphatic heterocycles. The van der Waals surface area contributed by atoms with Gasteiger partial charge in [-0.25, -0.2) is 9.37 Å². The zero-order valence-corrected chi connectivity index (χ0v) is 20.8. The first kappa shape index (κ1) is 25.4. The largest absolute Gasteiger partial charge is 0.481 e. The third-order valence-electron chi connectivity index (χ3n) is 5.88. The van der Waals surface area contributed by atoms with E-state index in [2.05, 4.69) is 10.3 Å². The summed E-state index contributed by atoms with van der Waals surface area (Å²) in [4.78, 5) is 30.1. The topological polar surface area (TPSA) is 92.4 Å². The zero-order valence-electron chi connectivity index (χ0n) is 19.3. The number of nitrogens with one attached hydrogen (secondary N) is 1. The van der Waals surface area contributed by atoms with Gasteiger partial charge < -0.3 is 14.8 Å². The van der Waals surface area contributed by atoms with Crippen molar-refractivity contribution in [2.75, 3.05) is 0 Å². The van der Waals surface area contributed by atoms with Crippen LogP contribution in [0.2, 0.25) is 10.0 Å². The Balaban J connectivity index is 1.89. The molecule has 1 atom stereocenters. The second-order valence-electron chi connectivity index (χ2n) is 8.25. The molecule has 3 aromatic carbocycles. The van der Waals surface area contributed by atoms with Crippen LogP contribution in [0.25, 0.3) is 11.5 Å². The van der Waals surface area contributed by atoms with Gasteiger partial charge in [0, 0.05) is 5.56 Å². The molecule has 1 unspecified atom stereocenters. The summed E-state index contributed by atoms with van der Waals surface area (Å²) < 4.78 is 19.9. The van der Waals surface area contributed by atoms with Crippen molar-refractivity contribution >= 4 is 35.1 Å². The number of carboxylic acid groups (broad SMARTS) is 1. The Morgan fingerprint density at radius 1 is 1.00 bits per heavy atom. The number of amides is 1. The Bertz CT molecular complexity index is 1470. The summed E-state index contributed by atoms with van der Waals surface area (Å²) in [6.07, 6.45) is -0.541. The minimum Gasteiger partial charge on any atom is -0.481 e. The molecule has 9 heteroatoms. The van der Waals surface area contributed by atoms with E-state index in [0.29, 0.717) is 11.1 Å². The molecule has 4 rings (SSSR count). The summed E-state index contributed by atoms with van der Waals surface area (Å²) in [5, 5.41) is 13.1. The van der Waals surface area contributed by atoms with Gasteiger partial charge in [-0.2, -0.15) is 0 Å². The Morgan fingerprint density at radius 3 is 2.36 bits per heavy atom. The van der Waals surface area contributed by atoms with E-state index in [1.165, 1.54) is 25.1 Å². The monoisotopic (exact) mass is 526 g/mol. The van der Waals surface area contributed by atoms with Crippen molar-refractivity contribution < 1.29 is 23.5 Å². The molecule has 0 radical (unpaired) electrons. The Labute approximate surface area is 216 Å². The van der Waals surface area contributed by atoms with Crippen LogP contribution < -0.4 is 5.32 Å².